The van der Waals surface area contributed by atoms with Crippen LogP contribution >= 0.6 is 0 Å². The van der Waals surface area contributed by atoms with Gasteiger partial charge in [-0.25, -0.2) is 9.78 Å². The first kappa shape index (κ1) is 5.65. The molecule has 51 valence electrons. The third-order valence-corrected chi connectivity index (χ3v) is 1.73. The van der Waals surface area contributed by atoms with Crippen LogP contribution in [0.4, 0.5) is 0 Å². The minimum atomic E-state index is -0.457. The molecule has 0 aliphatic carbocycles. The highest BCUT2D eigenvalue weighted by Gasteiger charge is 2.41. The molecule has 3 saturated heterocycles. The first-order valence-electron chi connectivity index (χ1n) is 3.13. The van der Waals surface area contributed by atoms with Crippen molar-refractivity contribution in [2.24, 2.45) is 0 Å². The van der Waals surface area contributed by atoms with Gasteiger partial charge < -0.3 is 4.74 Å². The van der Waals surface area contributed by atoms with Crippen molar-refractivity contribution < 1.29 is 14.5 Å². The van der Waals surface area contributed by atoms with Gasteiger partial charge in [-0.15, -0.1) is 0 Å². The van der Waals surface area contributed by atoms with Crippen LogP contribution in [0, 0.1) is 6.10 Å². The number of ether oxygens (including phenoxy) is 1. The highest BCUT2D eigenvalue weighted by atomic mass is 17.2. The lowest BCUT2D eigenvalue weighted by molar-refractivity contribution is -0.476. The van der Waals surface area contributed by atoms with Gasteiger partial charge >= 0.3 is 0 Å². The summed E-state index contributed by atoms with van der Waals surface area (Å²) in [6, 6.07) is 0. The summed E-state index contributed by atoms with van der Waals surface area (Å²) in [5.41, 5.74) is 0. The van der Waals surface area contributed by atoms with Crippen LogP contribution in [0.2, 0.25) is 0 Å². The fourth-order valence-electron chi connectivity index (χ4n) is 1.02. The van der Waals surface area contributed by atoms with E-state index in [0.717, 1.165) is 18.9 Å². The van der Waals surface area contributed by atoms with Crippen LogP contribution in [0.15, 0.2) is 0 Å². The molecule has 1 unspecified atom stereocenters. The van der Waals surface area contributed by atoms with Crippen LogP contribution in [-0.2, 0) is 14.5 Å². The summed E-state index contributed by atoms with van der Waals surface area (Å²) in [5.74, 6) is -0.457. The van der Waals surface area contributed by atoms with Crippen molar-refractivity contribution in [3.05, 3.63) is 6.10 Å². The highest BCUT2D eigenvalue weighted by molar-refractivity contribution is 4.88. The normalized spacial score (nSPS) is 43.7. The van der Waals surface area contributed by atoms with Crippen molar-refractivity contribution in [3.63, 3.8) is 0 Å². The maximum absolute atomic E-state index is 5.28. The number of fused-ring (bicyclic) bond motifs is 3. The molecule has 3 nitrogen and oxygen atoms in total. The maximum atomic E-state index is 5.28. The van der Waals surface area contributed by atoms with Gasteiger partial charge in [0.25, 0.3) is 0 Å². The van der Waals surface area contributed by atoms with E-state index in [9.17, 15) is 0 Å². The highest BCUT2D eigenvalue weighted by Crippen LogP contribution is 2.37. The van der Waals surface area contributed by atoms with Gasteiger partial charge in [0.2, 0.25) is 0 Å². The molecule has 0 N–H and O–H groups in total. The lowest BCUT2D eigenvalue weighted by Gasteiger charge is -2.41. The van der Waals surface area contributed by atoms with E-state index >= 15 is 0 Å². The number of rotatable bonds is 0. The third-order valence-electron chi connectivity index (χ3n) is 1.73. The van der Waals surface area contributed by atoms with Crippen molar-refractivity contribution in [1.29, 1.82) is 0 Å². The molecule has 0 spiro atoms. The molecule has 3 aliphatic rings. The largest absolute Gasteiger partial charge is 0.344 e. The molecule has 3 heteroatoms. The second kappa shape index (κ2) is 1.68. The summed E-state index contributed by atoms with van der Waals surface area (Å²) in [4.78, 5) is 9.78. The van der Waals surface area contributed by atoms with Crippen LogP contribution in [-0.4, -0.2) is 12.4 Å². The third kappa shape index (κ3) is 0.852. The molecule has 0 saturated carbocycles. The van der Waals surface area contributed by atoms with E-state index in [2.05, 4.69) is 0 Å². The van der Waals surface area contributed by atoms with Gasteiger partial charge in [-0.05, 0) is 13.3 Å². The Morgan fingerprint density at radius 3 is 2.67 bits per heavy atom. The molecule has 3 heterocycles. The SMILES string of the molecule is CC12CC[C](CO1)OO2. The first-order chi connectivity index (χ1) is 4.29. The fraction of sp³-hybridized carbons (Fsp3) is 0.833. The molecule has 0 aromatic heterocycles. The molecule has 9 heavy (non-hydrogen) atoms. The molecule has 2 bridgehead atoms. The molecule has 0 amide bonds. The topological polar surface area (TPSA) is 27.7 Å². The molecule has 1 atom stereocenters. The summed E-state index contributed by atoms with van der Waals surface area (Å²) < 4.78 is 5.28. The smallest absolute Gasteiger partial charge is 0.198 e. The van der Waals surface area contributed by atoms with Crippen molar-refractivity contribution >= 4 is 0 Å². The Morgan fingerprint density at radius 1 is 1.56 bits per heavy atom. The summed E-state index contributed by atoms with van der Waals surface area (Å²) in [7, 11) is 0. The van der Waals surface area contributed by atoms with E-state index in [0.29, 0.717) is 6.61 Å². The molecule has 0 aromatic rings. The van der Waals surface area contributed by atoms with E-state index in [4.69, 9.17) is 14.5 Å². The Hall–Kier alpha value is -0.120. The Morgan fingerprint density at radius 2 is 2.44 bits per heavy atom. The minimum absolute atomic E-state index is 0.457. The van der Waals surface area contributed by atoms with Crippen molar-refractivity contribution in [2.45, 2.75) is 25.6 Å². The fourth-order valence-corrected chi connectivity index (χ4v) is 1.02. The van der Waals surface area contributed by atoms with Crippen LogP contribution in [0.5, 0.6) is 0 Å². The molecule has 3 fully saturated rings. The summed E-state index contributed by atoms with van der Waals surface area (Å²) in [6.45, 7) is 2.50. The zero-order valence-corrected chi connectivity index (χ0v) is 5.35. The zero-order chi connectivity index (χ0) is 6.32. The molecular formula is C6H9O3. The van der Waals surface area contributed by atoms with Crippen molar-refractivity contribution in [3.8, 4) is 0 Å². The van der Waals surface area contributed by atoms with Gasteiger partial charge in [0, 0.05) is 6.42 Å². The van der Waals surface area contributed by atoms with E-state index in [1.54, 1.807) is 0 Å². The first-order valence-corrected chi connectivity index (χ1v) is 3.13. The monoisotopic (exact) mass is 129 g/mol. The standard InChI is InChI=1S/C6H9O3/c1-6-3-2-5(4-7-6)8-9-6/h2-4H2,1H3. The molecule has 3 aliphatic heterocycles. The van der Waals surface area contributed by atoms with Crippen molar-refractivity contribution in [1.82, 2.24) is 0 Å². The van der Waals surface area contributed by atoms with Gasteiger partial charge in [0.1, 0.15) is 0 Å². The lowest BCUT2D eigenvalue weighted by atomic mass is 10.0. The number of hydrogen-bond acceptors (Lipinski definition) is 3. The Balaban J connectivity index is 2.11. The van der Waals surface area contributed by atoms with Crippen LogP contribution in [0.1, 0.15) is 19.8 Å². The predicted octanol–water partition coefficient (Wildman–Crippen LogP) is 1.01. The van der Waals surface area contributed by atoms with Gasteiger partial charge in [-0.3, -0.25) is 0 Å². The summed E-state index contributed by atoms with van der Waals surface area (Å²) >= 11 is 0. The van der Waals surface area contributed by atoms with Gasteiger partial charge in [-0.2, -0.15) is 0 Å². The molecule has 3 rings (SSSR count). The Labute approximate surface area is 53.8 Å². The minimum Gasteiger partial charge on any atom is -0.344 e. The average Bonchev–Trinajstić information content (AvgIpc) is 1.90. The van der Waals surface area contributed by atoms with Crippen LogP contribution < -0.4 is 0 Å². The van der Waals surface area contributed by atoms with E-state index in [1.807, 2.05) is 6.92 Å². The quantitative estimate of drug-likeness (QED) is 0.457. The maximum Gasteiger partial charge on any atom is 0.198 e. The molecule has 1 radical (unpaired) electrons. The Kier molecular flexibility index (Phi) is 1.06. The second-order valence-corrected chi connectivity index (χ2v) is 2.63. The summed E-state index contributed by atoms with van der Waals surface area (Å²) in [5, 5.41) is 0. The second-order valence-electron chi connectivity index (χ2n) is 2.63. The van der Waals surface area contributed by atoms with Crippen LogP contribution in [0.25, 0.3) is 0 Å². The summed E-state index contributed by atoms with van der Waals surface area (Å²) in [6.07, 6.45) is 2.82. The van der Waals surface area contributed by atoms with Gasteiger partial charge in [0.05, 0.1) is 6.61 Å². The van der Waals surface area contributed by atoms with E-state index in [-0.39, 0.29) is 0 Å². The average molecular weight is 129 g/mol. The van der Waals surface area contributed by atoms with Gasteiger partial charge in [0.15, 0.2) is 11.9 Å². The van der Waals surface area contributed by atoms with E-state index in [1.165, 1.54) is 0 Å². The van der Waals surface area contributed by atoms with E-state index < -0.39 is 5.79 Å². The Bertz CT molecular complexity index is 102. The lowest BCUT2D eigenvalue weighted by Crippen LogP contribution is -2.45. The van der Waals surface area contributed by atoms with Gasteiger partial charge in [-0.1, -0.05) is 0 Å². The number of hydrogen-bond donors (Lipinski definition) is 0. The molecular weight excluding hydrogens is 120 g/mol. The van der Waals surface area contributed by atoms with Crippen LogP contribution in [0.3, 0.4) is 0 Å². The molecule has 0 aromatic carbocycles. The predicted molar refractivity (Wildman–Crippen MR) is 29.0 cm³/mol. The zero-order valence-electron chi connectivity index (χ0n) is 5.35. The van der Waals surface area contributed by atoms with Crippen molar-refractivity contribution in [2.75, 3.05) is 6.61 Å².